The molecule has 1 aliphatic heterocycles. The second-order valence-corrected chi connectivity index (χ2v) is 6.51. The van der Waals surface area contributed by atoms with Crippen LogP contribution in [0.3, 0.4) is 0 Å². The zero-order valence-electron chi connectivity index (χ0n) is 9.02. The standard InChI is InChI=1S/C9H18N2O3S/c1-15(13,14)11-6-4-10(5-7-11)9(8-12)2-3-9/h12H,2-8H2,1H3. The van der Waals surface area contributed by atoms with Crippen LogP contribution in [-0.2, 0) is 10.0 Å². The summed E-state index contributed by atoms with van der Waals surface area (Å²) in [5, 5.41) is 9.26. The van der Waals surface area contributed by atoms with Crippen molar-refractivity contribution in [3.8, 4) is 0 Å². The molecule has 0 spiro atoms. The number of sulfonamides is 1. The smallest absolute Gasteiger partial charge is 0.211 e. The maximum atomic E-state index is 11.3. The minimum absolute atomic E-state index is 0.0103. The summed E-state index contributed by atoms with van der Waals surface area (Å²) in [6.07, 6.45) is 3.34. The normalized spacial score (nSPS) is 27.9. The molecule has 0 aromatic heterocycles. The second kappa shape index (κ2) is 3.69. The van der Waals surface area contributed by atoms with Crippen molar-refractivity contribution in [1.82, 2.24) is 9.21 Å². The lowest BCUT2D eigenvalue weighted by Crippen LogP contribution is -2.53. The van der Waals surface area contributed by atoms with E-state index in [1.807, 2.05) is 0 Å². The zero-order chi connectivity index (χ0) is 11.1. The van der Waals surface area contributed by atoms with Crippen molar-refractivity contribution in [2.45, 2.75) is 18.4 Å². The van der Waals surface area contributed by atoms with Gasteiger partial charge in [-0.1, -0.05) is 0 Å². The summed E-state index contributed by atoms with van der Waals surface area (Å²) in [6, 6.07) is 0. The molecule has 0 unspecified atom stereocenters. The lowest BCUT2D eigenvalue weighted by atomic mass is 10.2. The molecule has 2 fully saturated rings. The largest absolute Gasteiger partial charge is 0.394 e. The number of hydrogen-bond acceptors (Lipinski definition) is 4. The van der Waals surface area contributed by atoms with Crippen LogP contribution in [0, 0.1) is 0 Å². The van der Waals surface area contributed by atoms with E-state index < -0.39 is 10.0 Å². The maximum absolute atomic E-state index is 11.3. The predicted molar refractivity (Wildman–Crippen MR) is 57.0 cm³/mol. The fraction of sp³-hybridized carbons (Fsp3) is 1.00. The van der Waals surface area contributed by atoms with E-state index in [1.54, 1.807) is 0 Å². The van der Waals surface area contributed by atoms with Gasteiger partial charge in [0.05, 0.1) is 12.9 Å². The van der Waals surface area contributed by atoms with Gasteiger partial charge in [0.1, 0.15) is 0 Å². The second-order valence-electron chi connectivity index (χ2n) is 4.53. The maximum Gasteiger partial charge on any atom is 0.211 e. The molecule has 0 amide bonds. The van der Waals surface area contributed by atoms with Gasteiger partial charge in [0.2, 0.25) is 10.0 Å². The van der Waals surface area contributed by atoms with Gasteiger partial charge in [-0.15, -0.1) is 0 Å². The summed E-state index contributed by atoms with van der Waals surface area (Å²) in [5.74, 6) is 0. The van der Waals surface area contributed by atoms with Crippen LogP contribution in [-0.4, -0.2) is 67.3 Å². The van der Waals surface area contributed by atoms with Crippen LogP contribution in [0.5, 0.6) is 0 Å². The molecule has 1 saturated carbocycles. The van der Waals surface area contributed by atoms with E-state index in [-0.39, 0.29) is 12.1 Å². The van der Waals surface area contributed by atoms with Crippen LogP contribution in [0.25, 0.3) is 0 Å². The molecule has 0 radical (unpaired) electrons. The summed E-state index contributed by atoms with van der Waals surface area (Å²) < 4.78 is 24.1. The van der Waals surface area contributed by atoms with E-state index in [0.717, 1.165) is 25.9 Å². The first-order chi connectivity index (χ1) is 6.98. The van der Waals surface area contributed by atoms with Gasteiger partial charge in [0.15, 0.2) is 0 Å². The van der Waals surface area contributed by atoms with Crippen molar-refractivity contribution in [3.63, 3.8) is 0 Å². The Morgan fingerprint density at radius 2 is 1.73 bits per heavy atom. The SMILES string of the molecule is CS(=O)(=O)N1CCN(C2(CO)CC2)CC1. The van der Waals surface area contributed by atoms with Crippen molar-refractivity contribution in [1.29, 1.82) is 0 Å². The third-order valence-corrected chi connectivity index (χ3v) is 4.80. The van der Waals surface area contributed by atoms with Gasteiger partial charge in [-0.3, -0.25) is 4.90 Å². The number of aliphatic hydroxyl groups is 1. The summed E-state index contributed by atoms with van der Waals surface area (Å²) in [7, 11) is -3.04. The van der Waals surface area contributed by atoms with Crippen LogP contribution in [0.1, 0.15) is 12.8 Å². The molecular formula is C9H18N2O3S. The molecule has 5 nitrogen and oxygen atoms in total. The van der Waals surface area contributed by atoms with Gasteiger partial charge in [-0.25, -0.2) is 8.42 Å². The summed E-state index contributed by atoms with van der Waals surface area (Å²) in [6.45, 7) is 2.80. The van der Waals surface area contributed by atoms with Gasteiger partial charge in [-0.2, -0.15) is 4.31 Å². The highest BCUT2D eigenvalue weighted by Gasteiger charge is 2.48. The molecule has 0 bridgehead atoms. The predicted octanol–water partition coefficient (Wildman–Crippen LogP) is -0.911. The van der Waals surface area contributed by atoms with E-state index >= 15 is 0 Å². The molecule has 2 rings (SSSR count). The first kappa shape index (κ1) is 11.3. The highest BCUT2D eigenvalue weighted by Crippen LogP contribution is 2.41. The fourth-order valence-electron chi connectivity index (χ4n) is 2.21. The minimum Gasteiger partial charge on any atom is -0.394 e. The Labute approximate surface area is 90.7 Å². The van der Waals surface area contributed by atoms with Gasteiger partial charge in [0.25, 0.3) is 0 Å². The molecular weight excluding hydrogens is 216 g/mol. The molecule has 1 N–H and O–H groups in total. The third kappa shape index (κ3) is 2.18. The number of nitrogens with zero attached hydrogens (tertiary/aromatic N) is 2. The quantitative estimate of drug-likeness (QED) is 0.687. The number of aliphatic hydroxyl groups excluding tert-OH is 1. The van der Waals surface area contributed by atoms with E-state index in [1.165, 1.54) is 10.6 Å². The van der Waals surface area contributed by atoms with Crippen LogP contribution in [0.4, 0.5) is 0 Å². The van der Waals surface area contributed by atoms with Crippen LogP contribution in [0.2, 0.25) is 0 Å². The Morgan fingerprint density at radius 3 is 2.07 bits per heavy atom. The average Bonchev–Trinajstić information content (AvgIpc) is 2.97. The van der Waals surface area contributed by atoms with Crippen LogP contribution < -0.4 is 0 Å². The summed E-state index contributed by atoms with van der Waals surface area (Å²) in [4.78, 5) is 2.23. The van der Waals surface area contributed by atoms with Crippen LogP contribution >= 0.6 is 0 Å². The molecule has 88 valence electrons. The molecule has 15 heavy (non-hydrogen) atoms. The van der Waals surface area contributed by atoms with Gasteiger partial charge in [0, 0.05) is 31.7 Å². The van der Waals surface area contributed by atoms with E-state index in [4.69, 9.17) is 0 Å². The Morgan fingerprint density at radius 1 is 1.20 bits per heavy atom. The highest BCUT2D eigenvalue weighted by molar-refractivity contribution is 7.88. The first-order valence-corrected chi connectivity index (χ1v) is 7.14. The van der Waals surface area contributed by atoms with Crippen LogP contribution in [0.15, 0.2) is 0 Å². The highest BCUT2D eigenvalue weighted by atomic mass is 32.2. The minimum atomic E-state index is -3.04. The average molecular weight is 234 g/mol. The lowest BCUT2D eigenvalue weighted by molar-refractivity contribution is 0.0749. The molecule has 0 aromatic carbocycles. The molecule has 1 aliphatic carbocycles. The molecule has 6 heteroatoms. The number of hydrogen-bond donors (Lipinski definition) is 1. The van der Waals surface area contributed by atoms with Gasteiger partial charge >= 0.3 is 0 Å². The molecule has 0 aromatic rings. The third-order valence-electron chi connectivity index (χ3n) is 3.50. The van der Waals surface area contributed by atoms with Crippen molar-refractivity contribution in [3.05, 3.63) is 0 Å². The van der Waals surface area contributed by atoms with Gasteiger partial charge < -0.3 is 5.11 Å². The van der Waals surface area contributed by atoms with Crippen molar-refractivity contribution in [2.75, 3.05) is 39.0 Å². The molecule has 0 atom stereocenters. The Balaban J connectivity index is 1.93. The monoisotopic (exact) mass is 234 g/mol. The Kier molecular flexibility index (Phi) is 2.79. The molecule has 2 aliphatic rings. The zero-order valence-corrected chi connectivity index (χ0v) is 9.83. The van der Waals surface area contributed by atoms with Crippen molar-refractivity contribution < 1.29 is 13.5 Å². The van der Waals surface area contributed by atoms with E-state index in [9.17, 15) is 13.5 Å². The number of piperazine rings is 1. The van der Waals surface area contributed by atoms with Gasteiger partial charge in [-0.05, 0) is 12.8 Å². The Bertz CT molecular complexity index is 329. The fourth-order valence-corrected chi connectivity index (χ4v) is 3.04. The Hall–Kier alpha value is -0.170. The lowest BCUT2D eigenvalue weighted by Gasteiger charge is -2.38. The van der Waals surface area contributed by atoms with Crippen molar-refractivity contribution >= 4 is 10.0 Å². The number of rotatable bonds is 3. The molecule has 1 heterocycles. The van der Waals surface area contributed by atoms with Crippen molar-refractivity contribution in [2.24, 2.45) is 0 Å². The first-order valence-electron chi connectivity index (χ1n) is 5.29. The summed E-state index contributed by atoms with van der Waals surface area (Å²) in [5.41, 5.74) is -0.0103. The van der Waals surface area contributed by atoms with E-state index in [2.05, 4.69) is 4.90 Å². The summed E-state index contributed by atoms with van der Waals surface area (Å²) >= 11 is 0. The van der Waals surface area contributed by atoms with E-state index in [0.29, 0.717) is 13.1 Å². The topological polar surface area (TPSA) is 60.9 Å². The molecule has 1 saturated heterocycles.